The van der Waals surface area contributed by atoms with E-state index >= 15 is 0 Å². The Bertz CT molecular complexity index is 961. The van der Waals surface area contributed by atoms with Gasteiger partial charge in [0.15, 0.2) is 0 Å². The third-order valence-corrected chi connectivity index (χ3v) is 5.95. The molecule has 0 aliphatic heterocycles. The first-order valence-electron chi connectivity index (χ1n) is 11.8. The summed E-state index contributed by atoms with van der Waals surface area (Å²) >= 11 is 1.75. The minimum atomic E-state index is -1.16. The first-order valence-corrected chi connectivity index (χ1v) is 13.2. The maximum atomic E-state index is 12.3. The van der Waals surface area contributed by atoms with E-state index < -0.39 is 35.9 Å². The van der Waals surface area contributed by atoms with E-state index in [1.54, 1.807) is 48.2 Å². The average Bonchev–Trinajstić information content (AvgIpc) is 2.88. The van der Waals surface area contributed by atoms with Gasteiger partial charge in [0.2, 0.25) is 11.8 Å². The van der Waals surface area contributed by atoms with Crippen LogP contribution in [0.25, 0.3) is 0 Å². The predicted molar refractivity (Wildman–Crippen MR) is 145 cm³/mol. The fraction of sp³-hybridized carbons (Fsp3) is 0.423. The molecule has 9 N–H and O–H groups in total. The van der Waals surface area contributed by atoms with Crippen LogP contribution >= 0.6 is 11.8 Å². The van der Waals surface area contributed by atoms with Gasteiger partial charge in [0.25, 0.3) is 0 Å². The molecule has 0 spiro atoms. The van der Waals surface area contributed by atoms with Crippen molar-refractivity contribution in [1.82, 2.24) is 10.6 Å². The summed E-state index contributed by atoms with van der Waals surface area (Å²) in [4.78, 5) is 36.1. The quantitative estimate of drug-likeness (QED) is 0.193. The summed E-state index contributed by atoms with van der Waals surface area (Å²) in [5, 5.41) is 32.0. The normalized spacial score (nSPS) is 13.8. The predicted octanol–water partition coefficient (Wildman–Crippen LogP) is 0.638. The molecular weight excluding hydrogens is 496 g/mol. The molecule has 0 fully saturated rings. The van der Waals surface area contributed by atoms with Crippen molar-refractivity contribution in [1.29, 1.82) is 0 Å². The molecule has 10 nitrogen and oxygen atoms in total. The number of carbonyl (C=O) groups excluding carboxylic acids is 2. The second-order valence-corrected chi connectivity index (χ2v) is 9.51. The Labute approximate surface area is 221 Å². The molecule has 2 aromatic carbocycles. The molecule has 0 heterocycles. The number of carboxylic acids is 1. The summed E-state index contributed by atoms with van der Waals surface area (Å²) in [5.41, 5.74) is 12.8. The number of phenolic OH excluding ortho intramolecular Hbond substituents is 1. The van der Waals surface area contributed by atoms with Crippen LogP contribution in [0.4, 0.5) is 0 Å². The summed E-state index contributed by atoms with van der Waals surface area (Å²) in [6, 6.07) is 12.3. The zero-order valence-electron chi connectivity index (χ0n) is 21.2. The van der Waals surface area contributed by atoms with Crippen molar-refractivity contribution in [2.75, 3.05) is 18.6 Å². The number of carboxylic acid groups (broad SMARTS) is 1. The van der Waals surface area contributed by atoms with Crippen molar-refractivity contribution in [2.24, 2.45) is 11.5 Å². The minimum Gasteiger partial charge on any atom is -0.508 e. The Morgan fingerprint density at radius 1 is 0.919 bits per heavy atom. The molecule has 11 heteroatoms. The molecule has 0 unspecified atom stereocenters. The lowest BCUT2D eigenvalue weighted by atomic mass is 10.0. The average molecular weight is 535 g/mol. The fourth-order valence-corrected chi connectivity index (χ4v) is 3.61. The first kappa shape index (κ1) is 31.9. The van der Waals surface area contributed by atoms with Gasteiger partial charge in [-0.1, -0.05) is 42.5 Å². The van der Waals surface area contributed by atoms with Crippen LogP contribution in [0.2, 0.25) is 0 Å². The third kappa shape index (κ3) is 13.1. The molecule has 0 bridgehead atoms. The number of nitrogens with two attached hydrogens (primary N) is 2. The monoisotopic (exact) mass is 534 g/mol. The number of aliphatic hydroxyl groups is 1. The van der Waals surface area contributed by atoms with Crippen LogP contribution in [-0.2, 0) is 27.2 Å². The number of carbonyl (C=O) groups is 3. The minimum absolute atomic E-state index is 0.0116. The summed E-state index contributed by atoms with van der Waals surface area (Å²) in [5.74, 6) is -1.15. The number of hydrogen-bond donors (Lipinski definition) is 7. The van der Waals surface area contributed by atoms with Gasteiger partial charge in [-0.2, -0.15) is 11.8 Å². The number of benzene rings is 2. The lowest BCUT2D eigenvalue weighted by molar-refractivity contribution is -0.142. The van der Waals surface area contributed by atoms with Crippen LogP contribution in [0.15, 0.2) is 54.6 Å². The molecule has 2 rings (SSSR count). The van der Waals surface area contributed by atoms with E-state index in [0.717, 1.165) is 23.3 Å². The summed E-state index contributed by atoms with van der Waals surface area (Å²) in [6.07, 6.45) is 3.30. The number of amides is 2. The molecule has 2 amide bonds. The van der Waals surface area contributed by atoms with Gasteiger partial charge >= 0.3 is 5.97 Å². The first-order chi connectivity index (χ1) is 17.6. The summed E-state index contributed by atoms with van der Waals surface area (Å²) in [6.45, 7) is 1.57. The number of nitrogens with one attached hydrogen (secondary N) is 2. The molecular formula is C26H38N4O6S. The highest BCUT2D eigenvalue weighted by Gasteiger charge is 2.25. The van der Waals surface area contributed by atoms with Crippen molar-refractivity contribution in [2.45, 2.75) is 50.4 Å². The van der Waals surface area contributed by atoms with E-state index in [4.69, 9.17) is 16.6 Å². The second kappa shape index (κ2) is 17.4. The molecule has 4 atom stereocenters. The second-order valence-electron chi connectivity index (χ2n) is 8.52. The van der Waals surface area contributed by atoms with Crippen LogP contribution in [0.3, 0.4) is 0 Å². The maximum Gasteiger partial charge on any atom is 0.326 e. The van der Waals surface area contributed by atoms with E-state index in [9.17, 15) is 24.6 Å². The lowest BCUT2D eigenvalue weighted by Crippen LogP contribution is -2.54. The van der Waals surface area contributed by atoms with Crippen LogP contribution in [0.5, 0.6) is 5.75 Å². The van der Waals surface area contributed by atoms with Crippen molar-refractivity contribution in [3.63, 3.8) is 0 Å². The van der Waals surface area contributed by atoms with Crippen LogP contribution in [0, 0.1) is 0 Å². The standard InChI is InChI=1S/C21H25N3O5.C5H13NOS/c1-13(23-20(27)17(22)11-15-7-9-16(25)10-8-15)19(26)24-18(21(28)29)12-14-5-3-2-4-6-14;1-8-3-2-5(6)4-7/h2-10,13,17-18,25H,11-12,22H2,1H3,(H,23,27)(H,24,26)(H,28,29);5,7H,2-4,6H2,1H3/t13-,17+,18+;5-/m10/s1. The van der Waals surface area contributed by atoms with Gasteiger partial charge < -0.3 is 37.4 Å². The van der Waals surface area contributed by atoms with E-state index in [-0.39, 0.29) is 31.2 Å². The van der Waals surface area contributed by atoms with Crippen LogP contribution in [-0.4, -0.2) is 75.9 Å². The molecule has 0 saturated carbocycles. The summed E-state index contributed by atoms with van der Waals surface area (Å²) in [7, 11) is 0. The molecule has 0 aliphatic carbocycles. The Balaban J connectivity index is 0.000000738. The zero-order chi connectivity index (χ0) is 27.8. The van der Waals surface area contributed by atoms with Gasteiger partial charge in [-0.3, -0.25) is 9.59 Å². The largest absolute Gasteiger partial charge is 0.508 e. The molecule has 37 heavy (non-hydrogen) atoms. The van der Waals surface area contributed by atoms with Crippen LogP contribution < -0.4 is 22.1 Å². The molecule has 0 aromatic heterocycles. The highest BCUT2D eigenvalue weighted by Crippen LogP contribution is 2.11. The van der Waals surface area contributed by atoms with Gasteiger partial charge in [-0.15, -0.1) is 0 Å². The number of aliphatic hydroxyl groups excluding tert-OH is 1. The SMILES string of the molecule is CSCC[C@H](N)CO.C[C@@H](NC(=O)[C@@H](N)Cc1ccc(O)cc1)C(=O)N[C@@H](Cc1ccccc1)C(=O)O. The third-order valence-electron chi connectivity index (χ3n) is 5.31. The number of thioether (sulfide) groups is 1. The number of hydrogen-bond acceptors (Lipinski definition) is 8. The summed E-state index contributed by atoms with van der Waals surface area (Å²) < 4.78 is 0. The zero-order valence-corrected chi connectivity index (χ0v) is 22.0. The Morgan fingerprint density at radius 2 is 1.51 bits per heavy atom. The number of rotatable bonds is 13. The van der Waals surface area contributed by atoms with Crippen molar-refractivity contribution >= 4 is 29.5 Å². The van der Waals surface area contributed by atoms with Crippen molar-refractivity contribution < 1.29 is 29.7 Å². The Morgan fingerprint density at radius 3 is 2.05 bits per heavy atom. The smallest absolute Gasteiger partial charge is 0.326 e. The lowest BCUT2D eigenvalue weighted by Gasteiger charge is -2.20. The van der Waals surface area contributed by atoms with E-state index in [0.29, 0.717) is 0 Å². The number of aromatic hydroxyl groups is 1. The molecule has 0 aliphatic rings. The molecule has 0 radical (unpaired) electrons. The van der Waals surface area contributed by atoms with E-state index in [1.807, 2.05) is 12.3 Å². The molecule has 0 saturated heterocycles. The van der Waals surface area contributed by atoms with Crippen molar-refractivity contribution in [3.05, 3.63) is 65.7 Å². The van der Waals surface area contributed by atoms with Gasteiger partial charge in [0.05, 0.1) is 12.6 Å². The van der Waals surface area contributed by atoms with Gasteiger partial charge in [-0.05, 0) is 55.0 Å². The van der Waals surface area contributed by atoms with Gasteiger partial charge in [0.1, 0.15) is 17.8 Å². The topological polar surface area (TPSA) is 188 Å². The van der Waals surface area contributed by atoms with Gasteiger partial charge in [-0.25, -0.2) is 4.79 Å². The Hall–Kier alpha value is -3.12. The highest BCUT2D eigenvalue weighted by atomic mass is 32.2. The van der Waals surface area contributed by atoms with Crippen molar-refractivity contribution in [3.8, 4) is 5.75 Å². The Kier molecular flexibility index (Phi) is 15.0. The van der Waals surface area contributed by atoms with E-state index in [1.165, 1.54) is 19.1 Å². The number of phenols is 1. The number of aliphatic carboxylic acids is 1. The molecule has 204 valence electrons. The van der Waals surface area contributed by atoms with E-state index in [2.05, 4.69) is 10.6 Å². The maximum absolute atomic E-state index is 12.3. The highest BCUT2D eigenvalue weighted by molar-refractivity contribution is 7.98. The molecule has 2 aromatic rings. The van der Waals surface area contributed by atoms with Crippen LogP contribution in [0.1, 0.15) is 24.5 Å². The van der Waals surface area contributed by atoms with Gasteiger partial charge in [0, 0.05) is 12.5 Å². The fourth-order valence-electron chi connectivity index (χ4n) is 3.07.